The van der Waals surface area contributed by atoms with E-state index in [1.165, 1.54) is 18.4 Å². The highest BCUT2D eigenvalue weighted by atomic mass is 35.5. The molecule has 2 nitrogen and oxygen atoms in total. The third kappa shape index (κ3) is 2.68. The maximum absolute atomic E-state index is 6.24. The molecule has 4 heteroatoms. The van der Waals surface area contributed by atoms with E-state index in [2.05, 4.69) is 22.1 Å². The first-order valence-corrected chi connectivity index (χ1v) is 7.65. The monoisotopic (exact) mass is 306 g/mol. The Kier molecular flexibility index (Phi) is 3.70. The molecule has 104 valence electrons. The molecule has 0 N–H and O–H groups in total. The second kappa shape index (κ2) is 5.34. The summed E-state index contributed by atoms with van der Waals surface area (Å²) in [6.45, 7) is 4.06. The van der Waals surface area contributed by atoms with Gasteiger partial charge in [-0.05, 0) is 30.2 Å². The van der Waals surface area contributed by atoms with Crippen LogP contribution >= 0.6 is 23.2 Å². The SMILES string of the molecule is CC(C)c1c(Cl)nc(-c2ccc(C3CC3)cc2)nc1Cl. The second-order valence-corrected chi connectivity index (χ2v) is 6.31. The third-order valence-electron chi connectivity index (χ3n) is 3.65. The van der Waals surface area contributed by atoms with Crippen molar-refractivity contribution in [3.63, 3.8) is 0 Å². The Hall–Kier alpha value is -1.12. The van der Waals surface area contributed by atoms with Crippen molar-refractivity contribution in [2.75, 3.05) is 0 Å². The van der Waals surface area contributed by atoms with Crippen LogP contribution in [0.4, 0.5) is 0 Å². The molecule has 0 radical (unpaired) electrons. The smallest absolute Gasteiger partial charge is 0.162 e. The molecule has 2 aromatic rings. The van der Waals surface area contributed by atoms with Gasteiger partial charge in [0.15, 0.2) is 5.82 Å². The summed E-state index contributed by atoms with van der Waals surface area (Å²) in [5.74, 6) is 1.55. The van der Waals surface area contributed by atoms with Crippen molar-refractivity contribution < 1.29 is 0 Å². The van der Waals surface area contributed by atoms with Crippen molar-refractivity contribution in [1.29, 1.82) is 0 Å². The van der Waals surface area contributed by atoms with Gasteiger partial charge in [-0.1, -0.05) is 61.3 Å². The molecule has 1 aliphatic rings. The van der Waals surface area contributed by atoms with Gasteiger partial charge in [0, 0.05) is 11.1 Å². The first-order chi connectivity index (χ1) is 9.56. The van der Waals surface area contributed by atoms with Crippen LogP contribution in [0.1, 0.15) is 49.7 Å². The summed E-state index contributed by atoms with van der Waals surface area (Å²) >= 11 is 12.5. The molecule has 1 aromatic heterocycles. The fourth-order valence-corrected chi connectivity index (χ4v) is 3.17. The molecular weight excluding hydrogens is 291 g/mol. The zero-order chi connectivity index (χ0) is 14.3. The van der Waals surface area contributed by atoms with Crippen LogP contribution in [0.25, 0.3) is 11.4 Å². The first-order valence-electron chi connectivity index (χ1n) is 6.89. The van der Waals surface area contributed by atoms with E-state index < -0.39 is 0 Å². The number of nitrogens with zero attached hydrogens (tertiary/aromatic N) is 2. The minimum Gasteiger partial charge on any atom is -0.216 e. The van der Waals surface area contributed by atoms with Gasteiger partial charge in [-0.2, -0.15) is 0 Å². The van der Waals surface area contributed by atoms with Gasteiger partial charge in [-0.15, -0.1) is 0 Å². The molecule has 1 heterocycles. The van der Waals surface area contributed by atoms with Crippen LogP contribution in [0.5, 0.6) is 0 Å². The maximum Gasteiger partial charge on any atom is 0.162 e. The summed E-state index contributed by atoms with van der Waals surface area (Å²) in [5, 5.41) is 0.891. The van der Waals surface area contributed by atoms with Crippen LogP contribution in [-0.4, -0.2) is 9.97 Å². The Morgan fingerprint density at radius 2 is 1.55 bits per heavy atom. The van der Waals surface area contributed by atoms with Gasteiger partial charge in [0.05, 0.1) is 0 Å². The number of aromatic nitrogens is 2. The summed E-state index contributed by atoms with van der Waals surface area (Å²) in [6.07, 6.45) is 2.60. The molecule has 3 rings (SSSR count). The van der Waals surface area contributed by atoms with Crippen LogP contribution in [0.3, 0.4) is 0 Å². The standard InChI is InChI=1S/C16H16Cl2N2/c1-9(2)13-14(17)19-16(20-15(13)18)12-7-5-11(6-8-12)10-3-4-10/h5-10H,3-4H2,1-2H3. The van der Waals surface area contributed by atoms with Gasteiger partial charge in [-0.3, -0.25) is 0 Å². The summed E-state index contributed by atoms with van der Waals surface area (Å²) < 4.78 is 0. The van der Waals surface area contributed by atoms with Gasteiger partial charge in [-0.25, -0.2) is 9.97 Å². The molecule has 0 spiro atoms. The minimum atomic E-state index is 0.210. The van der Waals surface area contributed by atoms with Crippen LogP contribution in [0.15, 0.2) is 24.3 Å². The minimum absolute atomic E-state index is 0.210. The molecule has 1 aliphatic carbocycles. The Balaban J connectivity index is 1.97. The Labute approximate surface area is 129 Å². The van der Waals surface area contributed by atoms with Crippen molar-refractivity contribution in [1.82, 2.24) is 9.97 Å². The topological polar surface area (TPSA) is 25.8 Å². The molecule has 20 heavy (non-hydrogen) atoms. The van der Waals surface area contributed by atoms with Crippen LogP contribution < -0.4 is 0 Å². The van der Waals surface area contributed by atoms with Gasteiger partial charge < -0.3 is 0 Å². The van der Waals surface area contributed by atoms with Crippen LogP contribution in [0.2, 0.25) is 10.3 Å². The highest BCUT2D eigenvalue weighted by molar-refractivity contribution is 6.34. The number of halogens is 2. The molecule has 0 aliphatic heterocycles. The fourth-order valence-electron chi connectivity index (χ4n) is 2.34. The van der Waals surface area contributed by atoms with Gasteiger partial charge >= 0.3 is 0 Å². The Bertz CT molecular complexity index is 608. The van der Waals surface area contributed by atoms with E-state index in [0.717, 1.165) is 17.0 Å². The highest BCUT2D eigenvalue weighted by Crippen LogP contribution is 2.40. The lowest BCUT2D eigenvalue weighted by molar-refractivity contribution is 0.848. The first kappa shape index (κ1) is 13.8. The molecule has 0 unspecified atom stereocenters. The van der Waals surface area contributed by atoms with Crippen molar-refractivity contribution in [2.45, 2.75) is 38.5 Å². The van der Waals surface area contributed by atoms with E-state index in [1.54, 1.807) is 0 Å². The molecule has 0 atom stereocenters. The average molecular weight is 307 g/mol. The molecule has 1 aromatic carbocycles. The summed E-state index contributed by atoms with van der Waals surface area (Å²) in [7, 11) is 0. The molecule has 1 saturated carbocycles. The van der Waals surface area contributed by atoms with Crippen molar-refractivity contribution in [2.24, 2.45) is 0 Å². The van der Waals surface area contributed by atoms with Gasteiger partial charge in [0.25, 0.3) is 0 Å². The van der Waals surface area contributed by atoms with E-state index >= 15 is 0 Å². The lowest BCUT2D eigenvalue weighted by Crippen LogP contribution is -1.99. The molecule has 0 saturated heterocycles. The lowest BCUT2D eigenvalue weighted by atomic mass is 10.1. The summed E-state index contributed by atoms with van der Waals surface area (Å²) in [5.41, 5.74) is 3.16. The summed E-state index contributed by atoms with van der Waals surface area (Å²) in [4.78, 5) is 8.77. The van der Waals surface area contributed by atoms with Crippen LogP contribution in [0, 0.1) is 0 Å². The van der Waals surface area contributed by atoms with E-state index in [1.807, 2.05) is 26.0 Å². The van der Waals surface area contributed by atoms with E-state index in [0.29, 0.717) is 16.1 Å². The highest BCUT2D eigenvalue weighted by Gasteiger charge is 2.23. The zero-order valence-electron chi connectivity index (χ0n) is 11.5. The van der Waals surface area contributed by atoms with Crippen molar-refractivity contribution in [3.8, 4) is 11.4 Å². The van der Waals surface area contributed by atoms with Crippen LogP contribution in [-0.2, 0) is 0 Å². The normalized spacial score (nSPS) is 14.8. The second-order valence-electron chi connectivity index (χ2n) is 5.59. The third-order valence-corrected chi connectivity index (χ3v) is 4.22. The zero-order valence-corrected chi connectivity index (χ0v) is 13.0. The number of benzene rings is 1. The molecule has 0 bridgehead atoms. The van der Waals surface area contributed by atoms with Crippen molar-refractivity contribution >= 4 is 23.2 Å². The lowest BCUT2D eigenvalue weighted by Gasteiger charge is -2.11. The Morgan fingerprint density at radius 3 is 2.00 bits per heavy atom. The summed E-state index contributed by atoms with van der Waals surface area (Å²) in [6, 6.07) is 8.39. The van der Waals surface area contributed by atoms with Gasteiger partial charge in [0.2, 0.25) is 0 Å². The van der Waals surface area contributed by atoms with E-state index in [-0.39, 0.29) is 5.92 Å². The van der Waals surface area contributed by atoms with Crippen molar-refractivity contribution in [3.05, 3.63) is 45.7 Å². The molecular formula is C16H16Cl2N2. The van der Waals surface area contributed by atoms with E-state index in [4.69, 9.17) is 23.2 Å². The van der Waals surface area contributed by atoms with E-state index in [9.17, 15) is 0 Å². The van der Waals surface area contributed by atoms with Gasteiger partial charge in [0.1, 0.15) is 10.3 Å². The quantitative estimate of drug-likeness (QED) is 0.704. The predicted molar refractivity (Wildman–Crippen MR) is 83.6 cm³/mol. The fraction of sp³-hybridized carbons (Fsp3) is 0.375. The number of hydrogen-bond donors (Lipinski definition) is 0. The number of rotatable bonds is 3. The number of hydrogen-bond acceptors (Lipinski definition) is 2. The Morgan fingerprint density at radius 1 is 1.00 bits per heavy atom. The largest absolute Gasteiger partial charge is 0.216 e. The molecule has 1 fully saturated rings. The predicted octanol–water partition coefficient (Wildman–Crippen LogP) is 5.45. The maximum atomic E-state index is 6.24. The molecule has 0 amide bonds. The average Bonchev–Trinajstić information content (AvgIpc) is 3.22.